The number of nitrogens with one attached hydrogen (secondary N) is 2. The maximum Gasteiger partial charge on any atom is 0.187 e. The van der Waals surface area contributed by atoms with Gasteiger partial charge < -0.3 is 10.1 Å². The van der Waals surface area contributed by atoms with Crippen molar-refractivity contribution in [3.63, 3.8) is 0 Å². The standard InChI is InChI=1S/C13H15BrFN3OS/c14-10-3-4-12(15)9(6-10)7-17-18-13(20)16-8-11-2-1-5-19-11/h3-4,6-7,11H,1-2,5,8H2,(H2,16,18,20)/b17-7-/t11-/m1/s1. The summed E-state index contributed by atoms with van der Waals surface area (Å²) in [5, 5.41) is 7.32. The second-order valence-electron chi connectivity index (χ2n) is 4.38. The lowest BCUT2D eigenvalue weighted by atomic mass is 10.2. The molecule has 108 valence electrons. The number of benzene rings is 1. The predicted molar refractivity (Wildman–Crippen MR) is 84.4 cm³/mol. The van der Waals surface area contributed by atoms with Gasteiger partial charge in [-0.15, -0.1) is 0 Å². The molecular weight excluding hydrogens is 345 g/mol. The van der Waals surface area contributed by atoms with E-state index in [2.05, 4.69) is 31.8 Å². The van der Waals surface area contributed by atoms with Crippen molar-refractivity contribution in [1.82, 2.24) is 10.7 Å². The highest BCUT2D eigenvalue weighted by atomic mass is 79.9. The molecule has 0 aromatic heterocycles. The molecule has 1 fully saturated rings. The fourth-order valence-electron chi connectivity index (χ4n) is 1.83. The molecule has 1 aliphatic heterocycles. The first kappa shape index (κ1) is 15.3. The lowest BCUT2D eigenvalue weighted by Gasteiger charge is -2.11. The Hall–Kier alpha value is -1.05. The summed E-state index contributed by atoms with van der Waals surface area (Å²) in [4.78, 5) is 0. The molecule has 1 saturated heterocycles. The largest absolute Gasteiger partial charge is 0.376 e. The molecule has 2 N–H and O–H groups in total. The van der Waals surface area contributed by atoms with Gasteiger partial charge in [0.1, 0.15) is 5.82 Å². The van der Waals surface area contributed by atoms with Crippen LogP contribution in [0.25, 0.3) is 0 Å². The summed E-state index contributed by atoms with van der Waals surface area (Å²) in [6.45, 7) is 1.47. The Morgan fingerprint density at radius 3 is 3.20 bits per heavy atom. The summed E-state index contributed by atoms with van der Waals surface area (Å²) in [5.74, 6) is -0.336. The van der Waals surface area contributed by atoms with Crippen molar-refractivity contribution in [1.29, 1.82) is 0 Å². The number of hydrazone groups is 1. The van der Waals surface area contributed by atoms with E-state index in [1.165, 1.54) is 12.3 Å². The highest BCUT2D eigenvalue weighted by Crippen LogP contribution is 2.13. The third kappa shape index (κ3) is 4.81. The van der Waals surface area contributed by atoms with E-state index in [-0.39, 0.29) is 11.9 Å². The van der Waals surface area contributed by atoms with Crippen LogP contribution in [-0.2, 0) is 4.74 Å². The van der Waals surface area contributed by atoms with Gasteiger partial charge in [-0.3, -0.25) is 5.43 Å². The van der Waals surface area contributed by atoms with Crippen LogP contribution < -0.4 is 10.7 Å². The fourth-order valence-corrected chi connectivity index (χ4v) is 2.34. The predicted octanol–water partition coefficient (Wildman–Crippen LogP) is 2.57. The summed E-state index contributed by atoms with van der Waals surface area (Å²) >= 11 is 8.35. The second kappa shape index (κ2) is 7.66. The Balaban J connectivity index is 1.77. The molecule has 0 unspecified atom stereocenters. The van der Waals surface area contributed by atoms with E-state index < -0.39 is 0 Å². The number of thiocarbonyl (C=S) groups is 1. The zero-order valence-corrected chi connectivity index (χ0v) is 13.1. The Bertz CT molecular complexity index is 506. The van der Waals surface area contributed by atoms with Gasteiger partial charge in [-0.2, -0.15) is 5.10 Å². The van der Waals surface area contributed by atoms with Crippen LogP contribution in [-0.4, -0.2) is 30.6 Å². The third-order valence-electron chi connectivity index (χ3n) is 2.84. The fraction of sp³-hybridized carbons (Fsp3) is 0.385. The monoisotopic (exact) mass is 359 g/mol. The highest BCUT2D eigenvalue weighted by Gasteiger charge is 2.14. The van der Waals surface area contributed by atoms with Gasteiger partial charge in [0, 0.05) is 23.2 Å². The third-order valence-corrected chi connectivity index (χ3v) is 3.57. The van der Waals surface area contributed by atoms with Gasteiger partial charge in [0.05, 0.1) is 12.3 Å². The maximum atomic E-state index is 13.4. The van der Waals surface area contributed by atoms with E-state index in [1.54, 1.807) is 12.1 Å². The number of hydrogen-bond acceptors (Lipinski definition) is 3. The normalized spacial score (nSPS) is 18.4. The van der Waals surface area contributed by atoms with Crippen molar-refractivity contribution >= 4 is 39.5 Å². The van der Waals surface area contributed by atoms with Crippen LogP contribution in [0, 0.1) is 5.82 Å². The van der Waals surface area contributed by atoms with Gasteiger partial charge in [0.25, 0.3) is 0 Å². The molecule has 1 aromatic carbocycles. The highest BCUT2D eigenvalue weighted by molar-refractivity contribution is 9.10. The average Bonchev–Trinajstić information content (AvgIpc) is 2.93. The van der Waals surface area contributed by atoms with Crippen LogP contribution in [0.1, 0.15) is 18.4 Å². The van der Waals surface area contributed by atoms with Crippen LogP contribution in [0.5, 0.6) is 0 Å². The van der Waals surface area contributed by atoms with E-state index in [0.29, 0.717) is 17.2 Å². The van der Waals surface area contributed by atoms with E-state index in [4.69, 9.17) is 17.0 Å². The minimum absolute atomic E-state index is 0.209. The molecule has 0 saturated carbocycles. The summed E-state index contributed by atoms with van der Waals surface area (Å²) in [6, 6.07) is 4.65. The van der Waals surface area contributed by atoms with E-state index >= 15 is 0 Å². The number of hydrogen-bond donors (Lipinski definition) is 2. The Morgan fingerprint density at radius 2 is 2.45 bits per heavy atom. The molecule has 1 aliphatic rings. The molecule has 0 spiro atoms. The molecule has 1 heterocycles. The quantitative estimate of drug-likeness (QED) is 0.492. The SMILES string of the molecule is Fc1ccc(Br)cc1/C=N\NC(=S)NC[C@H]1CCCO1. The van der Waals surface area contributed by atoms with E-state index in [1.807, 2.05) is 0 Å². The van der Waals surface area contributed by atoms with Gasteiger partial charge in [0.2, 0.25) is 0 Å². The van der Waals surface area contributed by atoms with Crippen LogP contribution in [0.2, 0.25) is 0 Å². The van der Waals surface area contributed by atoms with E-state index in [9.17, 15) is 4.39 Å². The first-order valence-electron chi connectivity index (χ1n) is 6.29. The zero-order chi connectivity index (χ0) is 14.4. The smallest absolute Gasteiger partial charge is 0.187 e. The summed E-state index contributed by atoms with van der Waals surface area (Å²) in [5.41, 5.74) is 3.04. The minimum atomic E-state index is -0.336. The number of ether oxygens (including phenoxy) is 1. The molecule has 7 heteroatoms. The first-order chi connectivity index (χ1) is 9.65. The Kier molecular flexibility index (Phi) is 5.87. The van der Waals surface area contributed by atoms with Crippen LogP contribution in [0.3, 0.4) is 0 Å². The molecule has 4 nitrogen and oxygen atoms in total. The molecule has 2 rings (SSSR count). The Labute approximate surface area is 130 Å². The molecule has 1 atom stereocenters. The maximum absolute atomic E-state index is 13.4. The minimum Gasteiger partial charge on any atom is -0.376 e. The van der Waals surface area contributed by atoms with Crippen molar-refractivity contribution in [2.24, 2.45) is 5.10 Å². The summed E-state index contributed by atoms with van der Waals surface area (Å²) in [7, 11) is 0. The van der Waals surface area contributed by atoms with Gasteiger partial charge in [0.15, 0.2) is 5.11 Å². The van der Waals surface area contributed by atoms with Gasteiger partial charge >= 0.3 is 0 Å². The van der Waals surface area contributed by atoms with Crippen LogP contribution in [0.15, 0.2) is 27.8 Å². The molecular formula is C13H15BrFN3OS. The molecule has 0 amide bonds. The van der Waals surface area contributed by atoms with Crippen molar-refractivity contribution in [3.05, 3.63) is 34.1 Å². The topological polar surface area (TPSA) is 45.7 Å². The lowest BCUT2D eigenvalue weighted by molar-refractivity contribution is 0.114. The number of rotatable bonds is 4. The number of nitrogens with zero attached hydrogens (tertiary/aromatic N) is 1. The van der Waals surface area contributed by atoms with Gasteiger partial charge in [-0.25, -0.2) is 4.39 Å². The molecule has 0 aliphatic carbocycles. The Morgan fingerprint density at radius 1 is 1.60 bits per heavy atom. The second-order valence-corrected chi connectivity index (χ2v) is 5.70. The molecule has 20 heavy (non-hydrogen) atoms. The van der Waals surface area contributed by atoms with Crippen molar-refractivity contribution in [2.75, 3.05) is 13.2 Å². The van der Waals surface area contributed by atoms with Crippen LogP contribution >= 0.6 is 28.1 Å². The van der Waals surface area contributed by atoms with Crippen molar-refractivity contribution < 1.29 is 9.13 Å². The summed E-state index contributed by atoms with van der Waals surface area (Å²) < 4.78 is 19.7. The first-order valence-corrected chi connectivity index (χ1v) is 7.49. The van der Waals surface area contributed by atoms with Crippen molar-refractivity contribution in [3.8, 4) is 0 Å². The summed E-state index contributed by atoms with van der Waals surface area (Å²) in [6.07, 6.45) is 3.73. The molecule has 0 bridgehead atoms. The zero-order valence-electron chi connectivity index (χ0n) is 10.7. The van der Waals surface area contributed by atoms with Crippen molar-refractivity contribution in [2.45, 2.75) is 18.9 Å². The number of halogens is 2. The lowest BCUT2D eigenvalue weighted by Crippen LogP contribution is -2.37. The van der Waals surface area contributed by atoms with Crippen LogP contribution in [0.4, 0.5) is 4.39 Å². The van der Waals surface area contributed by atoms with Gasteiger partial charge in [-0.1, -0.05) is 15.9 Å². The van der Waals surface area contributed by atoms with E-state index in [0.717, 1.165) is 23.9 Å². The molecule has 1 aromatic rings. The molecule has 0 radical (unpaired) electrons. The average molecular weight is 360 g/mol. The van der Waals surface area contributed by atoms with Gasteiger partial charge in [-0.05, 0) is 43.3 Å².